The summed E-state index contributed by atoms with van der Waals surface area (Å²) in [5.74, 6) is -0.259. The highest BCUT2D eigenvalue weighted by Gasteiger charge is 2.17. The molecule has 0 amide bonds. The number of hydrogen-bond donors (Lipinski definition) is 2. The Bertz CT molecular complexity index is 1110. The van der Waals surface area contributed by atoms with Crippen molar-refractivity contribution in [3.05, 3.63) is 108 Å². The molecule has 0 aliphatic rings. The van der Waals surface area contributed by atoms with Crippen LogP contribution in [0, 0.1) is 0 Å². The fourth-order valence-corrected chi connectivity index (χ4v) is 5.81. The number of hydrogen-bond acceptors (Lipinski definition) is 4. The van der Waals surface area contributed by atoms with Crippen LogP contribution in [0.1, 0.15) is 48.8 Å². The molecule has 2 N–H and O–H groups in total. The van der Waals surface area contributed by atoms with Crippen molar-refractivity contribution in [3.8, 4) is 0 Å². The SMILES string of the molecule is O=C(CCCCP(=O)(O)CCCc1ccccc1)OCc1ccccc1.O=[P+](O)CCCc1ccccc1. The van der Waals surface area contributed by atoms with Gasteiger partial charge in [-0.15, -0.1) is 0 Å². The Morgan fingerprint density at radius 3 is 1.71 bits per heavy atom. The van der Waals surface area contributed by atoms with Crippen molar-refractivity contribution in [2.75, 3.05) is 18.5 Å². The molecule has 3 rings (SSSR count). The van der Waals surface area contributed by atoms with Crippen LogP contribution >= 0.6 is 15.4 Å². The van der Waals surface area contributed by atoms with E-state index in [0.29, 0.717) is 31.6 Å². The van der Waals surface area contributed by atoms with Crippen LogP contribution in [0.15, 0.2) is 91.0 Å². The number of benzene rings is 3. The Kier molecular flexibility index (Phi) is 15.5. The Hall–Kier alpha value is -2.62. The van der Waals surface area contributed by atoms with Gasteiger partial charge in [-0.05, 0) is 59.8 Å². The van der Waals surface area contributed by atoms with Crippen molar-refractivity contribution in [1.82, 2.24) is 0 Å². The average Bonchev–Trinajstić information content (AvgIpc) is 2.92. The second-order valence-corrected chi connectivity index (χ2v) is 12.9. The van der Waals surface area contributed by atoms with Gasteiger partial charge in [-0.1, -0.05) is 91.0 Å². The van der Waals surface area contributed by atoms with E-state index < -0.39 is 15.4 Å². The number of unbranched alkanes of at least 4 members (excludes halogenated alkanes) is 1. The van der Waals surface area contributed by atoms with Crippen LogP contribution in [0.25, 0.3) is 0 Å². The molecule has 0 saturated carbocycles. The van der Waals surface area contributed by atoms with Gasteiger partial charge in [0.25, 0.3) is 0 Å². The zero-order valence-electron chi connectivity index (χ0n) is 21.9. The monoisotopic (exact) mass is 557 g/mol. The number of carbonyl (C=O) groups excluding carboxylic acids is 1. The first-order chi connectivity index (χ1) is 18.3. The van der Waals surface area contributed by atoms with Gasteiger partial charge in [0.05, 0.1) is 0 Å². The van der Waals surface area contributed by atoms with Crippen LogP contribution < -0.4 is 0 Å². The van der Waals surface area contributed by atoms with Crippen LogP contribution in [0.4, 0.5) is 0 Å². The second-order valence-electron chi connectivity index (χ2n) is 9.15. The molecule has 0 aromatic heterocycles. The third-order valence-electron chi connectivity index (χ3n) is 5.85. The van der Waals surface area contributed by atoms with E-state index in [4.69, 9.17) is 9.63 Å². The molecule has 38 heavy (non-hydrogen) atoms. The molecule has 8 heteroatoms. The van der Waals surface area contributed by atoms with Crippen LogP contribution in [0.5, 0.6) is 0 Å². The summed E-state index contributed by atoms with van der Waals surface area (Å²) in [4.78, 5) is 30.3. The molecule has 0 saturated heterocycles. The smallest absolute Gasteiger partial charge is 0.461 e. The van der Waals surface area contributed by atoms with Crippen molar-refractivity contribution in [2.24, 2.45) is 0 Å². The van der Waals surface area contributed by atoms with Gasteiger partial charge in [-0.2, -0.15) is 4.89 Å². The lowest BCUT2D eigenvalue weighted by Crippen LogP contribution is -2.05. The zero-order chi connectivity index (χ0) is 27.5. The maximum atomic E-state index is 12.2. The number of aryl methyl sites for hydroxylation is 2. The predicted molar refractivity (Wildman–Crippen MR) is 154 cm³/mol. The van der Waals surface area contributed by atoms with Gasteiger partial charge in [-0.3, -0.25) is 9.36 Å². The van der Waals surface area contributed by atoms with Gasteiger partial charge >= 0.3 is 14.0 Å². The minimum absolute atomic E-state index is 0.259. The van der Waals surface area contributed by atoms with E-state index in [2.05, 4.69) is 0 Å². The fraction of sp³-hybridized carbons (Fsp3) is 0.367. The highest BCUT2D eigenvalue weighted by molar-refractivity contribution is 7.57. The topological polar surface area (TPSA) is 101 Å². The molecule has 0 aliphatic carbocycles. The summed E-state index contributed by atoms with van der Waals surface area (Å²) in [6.07, 6.45) is 5.65. The first-order valence-corrected chi connectivity index (χ1v) is 16.5. The fourth-order valence-electron chi connectivity index (χ4n) is 3.79. The number of carbonyl (C=O) groups is 1. The molecular formula is C30H39O6P2+. The first kappa shape index (κ1) is 31.6. The number of esters is 1. The predicted octanol–water partition coefficient (Wildman–Crippen LogP) is 7.16. The van der Waals surface area contributed by atoms with Gasteiger partial charge in [0.2, 0.25) is 7.37 Å². The Morgan fingerprint density at radius 2 is 1.18 bits per heavy atom. The lowest BCUT2D eigenvalue weighted by atomic mass is 10.1. The number of rotatable bonds is 15. The van der Waals surface area contributed by atoms with E-state index >= 15 is 0 Å². The van der Waals surface area contributed by atoms with E-state index in [0.717, 1.165) is 24.8 Å². The van der Waals surface area contributed by atoms with Crippen molar-refractivity contribution in [2.45, 2.75) is 51.6 Å². The average molecular weight is 558 g/mol. The summed E-state index contributed by atoms with van der Waals surface area (Å²) < 4.78 is 27.7. The summed E-state index contributed by atoms with van der Waals surface area (Å²) in [7, 11) is -5.05. The zero-order valence-corrected chi connectivity index (χ0v) is 23.6. The van der Waals surface area contributed by atoms with Crippen molar-refractivity contribution in [3.63, 3.8) is 0 Å². The second kappa shape index (κ2) is 18.6. The molecule has 2 unspecified atom stereocenters. The van der Waals surface area contributed by atoms with Crippen LogP contribution in [0.3, 0.4) is 0 Å². The van der Waals surface area contributed by atoms with Gasteiger partial charge in [-0.25, -0.2) is 0 Å². The lowest BCUT2D eigenvalue weighted by Gasteiger charge is -2.11. The van der Waals surface area contributed by atoms with E-state index in [1.54, 1.807) is 0 Å². The molecule has 0 bridgehead atoms. The van der Waals surface area contributed by atoms with E-state index in [-0.39, 0.29) is 25.2 Å². The van der Waals surface area contributed by atoms with Crippen molar-refractivity contribution in [1.29, 1.82) is 0 Å². The molecular weight excluding hydrogens is 518 g/mol. The highest BCUT2D eigenvalue weighted by atomic mass is 31.2. The Balaban J connectivity index is 0.000000352. The first-order valence-electron chi connectivity index (χ1n) is 13.1. The quantitative estimate of drug-likeness (QED) is 0.117. The summed E-state index contributed by atoms with van der Waals surface area (Å²) in [6, 6.07) is 29.5. The van der Waals surface area contributed by atoms with Crippen LogP contribution in [-0.2, 0) is 38.1 Å². The van der Waals surface area contributed by atoms with Crippen LogP contribution in [-0.4, -0.2) is 34.2 Å². The molecule has 2 atom stereocenters. The lowest BCUT2D eigenvalue weighted by molar-refractivity contribution is -0.145. The largest absolute Gasteiger partial charge is 0.505 e. The van der Waals surface area contributed by atoms with Gasteiger partial charge < -0.3 is 9.63 Å². The molecule has 0 spiro atoms. The summed E-state index contributed by atoms with van der Waals surface area (Å²) >= 11 is 0. The molecule has 6 nitrogen and oxygen atoms in total. The van der Waals surface area contributed by atoms with E-state index in [1.807, 2.05) is 91.0 Å². The van der Waals surface area contributed by atoms with Crippen molar-refractivity contribution >= 4 is 21.4 Å². The van der Waals surface area contributed by atoms with Gasteiger partial charge in [0.15, 0.2) is 6.16 Å². The summed E-state index contributed by atoms with van der Waals surface area (Å²) in [5, 5.41) is 0. The highest BCUT2D eigenvalue weighted by Crippen LogP contribution is 2.42. The van der Waals surface area contributed by atoms with Crippen LogP contribution in [0.2, 0.25) is 0 Å². The van der Waals surface area contributed by atoms with E-state index in [9.17, 15) is 18.8 Å². The maximum Gasteiger partial charge on any atom is 0.505 e. The molecule has 204 valence electrons. The van der Waals surface area contributed by atoms with Crippen molar-refractivity contribution < 1.29 is 28.4 Å². The Morgan fingerprint density at radius 1 is 0.711 bits per heavy atom. The molecule has 3 aromatic rings. The molecule has 0 radical (unpaired) electrons. The maximum absolute atomic E-state index is 12.2. The van der Waals surface area contributed by atoms with Gasteiger partial charge in [0.1, 0.15) is 6.61 Å². The normalized spacial score (nSPS) is 12.5. The minimum atomic E-state index is -3.10. The molecule has 0 heterocycles. The third kappa shape index (κ3) is 15.6. The standard InChI is InChI=1S/C21H27O4P.C9H11O2P/c22-21(25-18-20-12-5-2-6-13-20)15-7-8-16-26(23,24)17-9-14-19-10-3-1-4-11-19;10-12(11)8-4-7-9-5-2-1-3-6-9/h1-6,10-13H,7-9,14-18H2,(H,23,24);1-3,5-6H,4,7-8H2/p+1. The summed E-state index contributed by atoms with van der Waals surface area (Å²) in [6.45, 7) is 0.275. The number of ether oxygens (including phenoxy) is 1. The molecule has 0 aliphatic heterocycles. The molecule has 0 fully saturated rings. The minimum Gasteiger partial charge on any atom is -0.461 e. The Labute approximate surface area is 227 Å². The van der Waals surface area contributed by atoms with Gasteiger partial charge in [0, 0.05) is 18.7 Å². The van der Waals surface area contributed by atoms with E-state index in [1.165, 1.54) is 11.1 Å². The molecule has 3 aromatic carbocycles. The third-order valence-corrected chi connectivity index (χ3v) is 8.58. The summed E-state index contributed by atoms with van der Waals surface area (Å²) in [5.41, 5.74) is 3.38.